The molecular formula is C17H25BrClN. The minimum Gasteiger partial charge on any atom is -0.371 e. The van der Waals surface area contributed by atoms with Crippen molar-refractivity contribution in [2.24, 2.45) is 5.41 Å². The lowest BCUT2D eigenvalue weighted by molar-refractivity contribution is 0.159. The van der Waals surface area contributed by atoms with E-state index in [2.05, 4.69) is 67.6 Å². The number of likely N-dealkylation sites (N-methyl/N-ethyl adjacent to an activating group) is 1. The van der Waals surface area contributed by atoms with Crippen molar-refractivity contribution in [3.05, 3.63) is 27.2 Å². The lowest BCUT2D eigenvalue weighted by Gasteiger charge is -2.44. The molecule has 1 heterocycles. The van der Waals surface area contributed by atoms with Gasteiger partial charge in [0.15, 0.2) is 0 Å². The molecule has 0 fully saturated rings. The Morgan fingerprint density at radius 2 is 1.95 bits per heavy atom. The highest BCUT2D eigenvalue weighted by Crippen LogP contribution is 2.55. The molecule has 1 aliphatic heterocycles. The van der Waals surface area contributed by atoms with Crippen LogP contribution in [0.1, 0.15) is 53.0 Å². The van der Waals surface area contributed by atoms with Crippen LogP contribution in [0.15, 0.2) is 16.6 Å². The van der Waals surface area contributed by atoms with Crippen LogP contribution in [0, 0.1) is 5.41 Å². The van der Waals surface area contributed by atoms with Crippen LogP contribution < -0.4 is 4.90 Å². The summed E-state index contributed by atoms with van der Waals surface area (Å²) in [5, 5.41) is 0.825. The molecule has 1 aliphatic rings. The molecule has 0 bridgehead atoms. The van der Waals surface area contributed by atoms with Crippen molar-refractivity contribution < 1.29 is 0 Å². The van der Waals surface area contributed by atoms with E-state index in [0.717, 1.165) is 29.0 Å². The number of fused-ring (bicyclic) bond motifs is 1. The summed E-state index contributed by atoms with van der Waals surface area (Å²) in [5.74, 6) is 0. The second-order valence-electron chi connectivity index (χ2n) is 6.47. The SMILES string of the molecule is CCN1CC(CC)(C(C)(C)CC)c2cc(Cl)c(Br)cc21. The Bertz CT molecular complexity index is 512. The van der Waals surface area contributed by atoms with Crippen LogP contribution in [0.4, 0.5) is 5.69 Å². The molecule has 3 heteroatoms. The van der Waals surface area contributed by atoms with E-state index in [1.165, 1.54) is 17.7 Å². The smallest absolute Gasteiger partial charge is 0.0552 e. The summed E-state index contributed by atoms with van der Waals surface area (Å²) in [7, 11) is 0. The Morgan fingerprint density at radius 3 is 2.45 bits per heavy atom. The molecule has 1 unspecified atom stereocenters. The Hall–Kier alpha value is -0.210. The maximum absolute atomic E-state index is 6.40. The predicted octanol–water partition coefficient (Wildman–Crippen LogP) is 6.03. The van der Waals surface area contributed by atoms with Crippen LogP contribution in [0.5, 0.6) is 0 Å². The van der Waals surface area contributed by atoms with Crippen LogP contribution in [0.25, 0.3) is 0 Å². The molecule has 112 valence electrons. The van der Waals surface area contributed by atoms with E-state index in [1.54, 1.807) is 0 Å². The van der Waals surface area contributed by atoms with Crippen LogP contribution in [-0.2, 0) is 5.41 Å². The number of nitrogens with zero attached hydrogens (tertiary/aromatic N) is 1. The summed E-state index contributed by atoms with van der Waals surface area (Å²) in [6.45, 7) is 13.8. The van der Waals surface area contributed by atoms with Crippen LogP contribution in [-0.4, -0.2) is 13.1 Å². The average Bonchev–Trinajstić information content (AvgIpc) is 2.74. The first kappa shape index (κ1) is 16.2. The van der Waals surface area contributed by atoms with Gasteiger partial charge in [0, 0.05) is 28.7 Å². The van der Waals surface area contributed by atoms with Gasteiger partial charge in [0.25, 0.3) is 0 Å². The number of hydrogen-bond acceptors (Lipinski definition) is 1. The van der Waals surface area contributed by atoms with Gasteiger partial charge < -0.3 is 4.90 Å². The molecule has 0 saturated heterocycles. The zero-order valence-electron chi connectivity index (χ0n) is 13.2. The average molecular weight is 359 g/mol. The van der Waals surface area contributed by atoms with Crippen molar-refractivity contribution in [1.82, 2.24) is 0 Å². The third-order valence-electron chi connectivity index (χ3n) is 5.52. The fraction of sp³-hybridized carbons (Fsp3) is 0.647. The van der Waals surface area contributed by atoms with Gasteiger partial charge in [0.05, 0.1) is 5.02 Å². The van der Waals surface area contributed by atoms with Gasteiger partial charge in [-0.1, -0.05) is 45.7 Å². The van der Waals surface area contributed by atoms with E-state index in [1.807, 2.05) is 0 Å². The largest absolute Gasteiger partial charge is 0.371 e. The van der Waals surface area contributed by atoms with E-state index in [9.17, 15) is 0 Å². The minimum absolute atomic E-state index is 0.192. The molecule has 2 rings (SSSR count). The second-order valence-corrected chi connectivity index (χ2v) is 7.73. The monoisotopic (exact) mass is 357 g/mol. The van der Waals surface area contributed by atoms with Crippen molar-refractivity contribution in [2.45, 2.75) is 52.9 Å². The number of halogens is 2. The highest BCUT2D eigenvalue weighted by molar-refractivity contribution is 9.10. The summed E-state index contributed by atoms with van der Waals surface area (Å²) < 4.78 is 0.998. The van der Waals surface area contributed by atoms with Gasteiger partial charge >= 0.3 is 0 Å². The number of rotatable bonds is 4. The third-order valence-corrected chi connectivity index (χ3v) is 6.72. The van der Waals surface area contributed by atoms with Crippen molar-refractivity contribution >= 4 is 33.2 Å². The van der Waals surface area contributed by atoms with Gasteiger partial charge in [-0.05, 0) is 52.4 Å². The minimum atomic E-state index is 0.192. The topological polar surface area (TPSA) is 3.24 Å². The van der Waals surface area contributed by atoms with Crippen molar-refractivity contribution in [2.75, 3.05) is 18.0 Å². The Balaban J connectivity index is 2.69. The fourth-order valence-corrected chi connectivity index (χ4v) is 4.15. The summed E-state index contributed by atoms with van der Waals surface area (Å²) in [5.41, 5.74) is 3.24. The Kier molecular flexibility index (Phi) is 4.47. The normalized spacial score (nSPS) is 22.2. The lowest BCUT2D eigenvalue weighted by Crippen LogP contribution is -2.45. The van der Waals surface area contributed by atoms with E-state index < -0.39 is 0 Å². The number of benzene rings is 1. The zero-order valence-corrected chi connectivity index (χ0v) is 15.5. The summed E-state index contributed by atoms with van der Waals surface area (Å²) >= 11 is 9.97. The summed E-state index contributed by atoms with van der Waals surface area (Å²) in [6, 6.07) is 4.39. The van der Waals surface area contributed by atoms with Gasteiger partial charge in [-0.2, -0.15) is 0 Å². The highest BCUT2D eigenvalue weighted by Gasteiger charge is 2.50. The van der Waals surface area contributed by atoms with Crippen LogP contribution in [0.3, 0.4) is 0 Å². The fourth-order valence-electron chi connectivity index (χ4n) is 3.66. The van der Waals surface area contributed by atoms with Gasteiger partial charge in [-0.15, -0.1) is 0 Å². The number of anilines is 1. The van der Waals surface area contributed by atoms with Crippen molar-refractivity contribution in [3.8, 4) is 0 Å². The standard InChI is InChI=1S/C17H25BrClN/c1-6-16(4,5)17(7-2)11-20(8-3)15-10-13(18)14(19)9-12(15)17/h9-10H,6-8,11H2,1-5H3. The van der Waals surface area contributed by atoms with Gasteiger partial charge in [-0.3, -0.25) is 0 Å². The molecule has 1 nitrogen and oxygen atoms in total. The van der Waals surface area contributed by atoms with E-state index in [0.29, 0.717) is 0 Å². The van der Waals surface area contributed by atoms with Crippen LogP contribution >= 0.6 is 27.5 Å². The molecular weight excluding hydrogens is 334 g/mol. The zero-order chi connectivity index (χ0) is 15.1. The maximum atomic E-state index is 6.40. The highest BCUT2D eigenvalue weighted by atomic mass is 79.9. The van der Waals surface area contributed by atoms with E-state index in [4.69, 9.17) is 11.6 Å². The molecule has 0 N–H and O–H groups in total. The molecule has 0 amide bonds. The summed E-state index contributed by atoms with van der Waals surface area (Å²) in [6.07, 6.45) is 2.32. The molecule has 1 atom stereocenters. The van der Waals surface area contributed by atoms with E-state index >= 15 is 0 Å². The predicted molar refractivity (Wildman–Crippen MR) is 93.1 cm³/mol. The molecule has 0 aromatic heterocycles. The molecule has 0 aliphatic carbocycles. The van der Waals surface area contributed by atoms with Crippen molar-refractivity contribution in [1.29, 1.82) is 0 Å². The third kappa shape index (κ3) is 2.20. The molecule has 0 saturated carbocycles. The second kappa shape index (κ2) is 5.53. The molecule has 1 aromatic carbocycles. The molecule has 20 heavy (non-hydrogen) atoms. The Morgan fingerprint density at radius 1 is 1.30 bits per heavy atom. The van der Waals surface area contributed by atoms with Crippen LogP contribution in [0.2, 0.25) is 5.02 Å². The quantitative estimate of drug-likeness (QED) is 0.635. The van der Waals surface area contributed by atoms with Gasteiger partial charge in [-0.25, -0.2) is 0 Å². The van der Waals surface area contributed by atoms with Gasteiger partial charge in [0.2, 0.25) is 0 Å². The summed E-state index contributed by atoms with van der Waals surface area (Å²) in [4.78, 5) is 2.50. The van der Waals surface area contributed by atoms with Gasteiger partial charge in [0.1, 0.15) is 0 Å². The van der Waals surface area contributed by atoms with E-state index in [-0.39, 0.29) is 10.8 Å². The molecule has 1 aromatic rings. The Labute approximate surface area is 136 Å². The lowest BCUT2D eigenvalue weighted by atomic mass is 9.60. The first-order chi connectivity index (χ1) is 9.32. The maximum Gasteiger partial charge on any atom is 0.0552 e. The molecule has 0 spiro atoms. The first-order valence-electron chi connectivity index (χ1n) is 7.57. The van der Waals surface area contributed by atoms with Crippen molar-refractivity contribution in [3.63, 3.8) is 0 Å². The number of hydrogen-bond donors (Lipinski definition) is 0. The first-order valence-corrected chi connectivity index (χ1v) is 8.74. The molecule has 0 radical (unpaired) electrons.